The lowest BCUT2D eigenvalue weighted by Crippen LogP contribution is -2.31. The van der Waals surface area contributed by atoms with Gasteiger partial charge in [0.25, 0.3) is 0 Å². The number of hydrogen-bond donors (Lipinski definition) is 0. The molecule has 0 N–H and O–H groups in total. The summed E-state index contributed by atoms with van der Waals surface area (Å²) in [6, 6.07) is 7.75. The van der Waals surface area contributed by atoms with E-state index >= 15 is 0 Å². The van der Waals surface area contributed by atoms with Crippen LogP contribution in [0.1, 0.15) is 28.9 Å². The number of nitrogens with zero attached hydrogens (tertiary/aromatic N) is 2. The Hall–Kier alpha value is -2.10. The first-order chi connectivity index (χ1) is 9.72. The van der Waals surface area contributed by atoms with Crippen LogP contribution in [0, 0.1) is 6.92 Å². The summed E-state index contributed by atoms with van der Waals surface area (Å²) in [4.78, 5) is 25.5. The van der Waals surface area contributed by atoms with Crippen molar-refractivity contribution in [2.45, 2.75) is 26.3 Å². The summed E-state index contributed by atoms with van der Waals surface area (Å²) in [7, 11) is 0. The van der Waals surface area contributed by atoms with Gasteiger partial charge in [-0.05, 0) is 25.8 Å². The lowest BCUT2D eigenvalue weighted by Gasteiger charge is -2.17. The standard InChI is InChI=1S/C16H18N2O2/c1-12-14(11-19)13-6-2-3-7-15(13)18(12)10-16(20)17-8-4-5-9-17/h2-3,6-7,11H,4-5,8-10H2,1H3. The molecule has 1 aromatic carbocycles. The highest BCUT2D eigenvalue weighted by molar-refractivity contribution is 5.99. The molecule has 0 spiro atoms. The van der Waals surface area contributed by atoms with Crippen molar-refractivity contribution in [3.63, 3.8) is 0 Å². The highest BCUT2D eigenvalue weighted by Gasteiger charge is 2.21. The van der Waals surface area contributed by atoms with E-state index in [1.165, 1.54) is 0 Å². The van der Waals surface area contributed by atoms with E-state index in [2.05, 4.69) is 0 Å². The van der Waals surface area contributed by atoms with Crippen molar-refractivity contribution in [1.82, 2.24) is 9.47 Å². The van der Waals surface area contributed by atoms with Crippen LogP contribution in [0.3, 0.4) is 0 Å². The number of carbonyl (C=O) groups is 2. The molecule has 0 saturated carbocycles. The van der Waals surface area contributed by atoms with Gasteiger partial charge in [-0.3, -0.25) is 9.59 Å². The van der Waals surface area contributed by atoms with Crippen LogP contribution in [0.25, 0.3) is 10.9 Å². The Bertz CT molecular complexity index is 666. The molecule has 1 aliphatic heterocycles. The number of likely N-dealkylation sites (tertiary alicyclic amines) is 1. The number of fused-ring (bicyclic) bond motifs is 1. The number of rotatable bonds is 3. The lowest BCUT2D eigenvalue weighted by atomic mass is 10.1. The van der Waals surface area contributed by atoms with Crippen molar-refractivity contribution in [2.24, 2.45) is 0 Å². The second kappa shape index (κ2) is 5.12. The molecule has 1 amide bonds. The Balaban J connectivity index is 2.00. The van der Waals surface area contributed by atoms with E-state index < -0.39 is 0 Å². The predicted molar refractivity (Wildman–Crippen MR) is 77.9 cm³/mol. The number of amides is 1. The van der Waals surface area contributed by atoms with Gasteiger partial charge in [-0.15, -0.1) is 0 Å². The Morgan fingerprint density at radius 2 is 1.95 bits per heavy atom. The molecular formula is C16H18N2O2. The van der Waals surface area contributed by atoms with E-state index in [-0.39, 0.29) is 5.91 Å². The first kappa shape index (κ1) is 12.9. The van der Waals surface area contributed by atoms with Gasteiger partial charge < -0.3 is 9.47 Å². The number of hydrogen-bond acceptors (Lipinski definition) is 2. The lowest BCUT2D eigenvalue weighted by molar-refractivity contribution is -0.130. The van der Waals surface area contributed by atoms with Crippen LogP contribution in [0.4, 0.5) is 0 Å². The molecule has 20 heavy (non-hydrogen) atoms. The average molecular weight is 270 g/mol. The van der Waals surface area contributed by atoms with E-state index in [9.17, 15) is 9.59 Å². The third-order valence-corrected chi connectivity index (χ3v) is 4.15. The summed E-state index contributed by atoms with van der Waals surface area (Å²) in [5, 5.41) is 0.925. The summed E-state index contributed by atoms with van der Waals surface area (Å²) >= 11 is 0. The molecule has 4 heteroatoms. The van der Waals surface area contributed by atoms with Crippen LogP contribution < -0.4 is 0 Å². The molecule has 0 unspecified atom stereocenters. The van der Waals surface area contributed by atoms with Gasteiger partial charge in [-0.25, -0.2) is 0 Å². The second-order valence-electron chi connectivity index (χ2n) is 5.31. The number of carbonyl (C=O) groups excluding carboxylic acids is 2. The van der Waals surface area contributed by atoms with Crippen molar-refractivity contribution in [3.8, 4) is 0 Å². The SMILES string of the molecule is Cc1c(C=O)c2ccccc2n1CC(=O)N1CCCC1. The van der Waals surface area contributed by atoms with Gasteiger partial charge in [-0.1, -0.05) is 18.2 Å². The van der Waals surface area contributed by atoms with Crippen LogP contribution in [0.5, 0.6) is 0 Å². The summed E-state index contributed by atoms with van der Waals surface area (Å²) < 4.78 is 1.96. The maximum Gasteiger partial charge on any atom is 0.242 e. The predicted octanol–water partition coefficient (Wildman–Crippen LogP) is 2.38. The zero-order valence-electron chi connectivity index (χ0n) is 11.6. The summed E-state index contributed by atoms with van der Waals surface area (Å²) in [5.41, 5.74) is 2.52. The number of para-hydroxylation sites is 1. The number of aldehydes is 1. The third kappa shape index (κ3) is 2.01. The largest absolute Gasteiger partial charge is 0.341 e. The summed E-state index contributed by atoms with van der Waals surface area (Å²) in [5.74, 6) is 0.142. The monoisotopic (exact) mass is 270 g/mol. The van der Waals surface area contributed by atoms with Crippen molar-refractivity contribution in [3.05, 3.63) is 35.5 Å². The fraction of sp³-hybridized carbons (Fsp3) is 0.375. The fourth-order valence-corrected chi connectivity index (χ4v) is 3.01. The van der Waals surface area contributed by atoms with Gasteiger partial charge in [0, 0.05) is 35.2 Å². The van der Waals surface area contributed by atoms with Crippen molar-refractivity contribution in [1.29, 1.82) is 0 Å². The Kier molecular flexibility index (Phi) is 3.30. The molecule has 1 fully saturated rings. The average Bonchev–Trinajstić information content (AvgIpc) is 3.07. The third-order valence-electron chi connectivity index (χ3n) is 4.15. The second-order valence-corrected chi connectivity index (χ2v) is 5.31. The van der Waals surface area contributed by atoms with Crippen LogP contribution in [0.15, 0.2) is 24.3 Å². The molecule has 104 valence electrons. The van der Waals surface area contributed by atoms with E-state index in [4.69, 9.17) is 0 Å². The topological polar surface area (TPSA) is 42.3 Å². The van der Waals surface area contributed by atoms with Crippen molar-refractivity contribution in [2.75, 3.05) is 13.1 Å². The molecule has 1 aliphatic rings. The zero-order chi connectivity index (χ0) is 14.1. The van der Waals surface area contributed by atoms with E-state index in [1.54, 1.807) is 0 Å². The maximum atomic E-state index is 12.3. The molecule has 1 saturated heterocycles. The first-order valence-electron chi connectivity index (χ1n) is 7.03. The number of benzene rings is 1. The van der Waals surface area contributed by atoms with Gasteiger partial charge in [0.15, 0.2) is 6.29 Å². The fourth-order valence-electron chi connectivity index (χ4n) is 3.01. The highest BCUT2D eigenvalue weighted by atomic mass is 16.2. The van der Waals surface area contributed by atoms with Crippen LogP contribution >= 0.6 is 0 Å². The van der Waals surface area contributed by atoms with E-state index in [0.29, 0.717) is 12.1 Å². The van der Waals surface area contributed by atoms with Crippen LogP contribution in [0.2, 0.25) is 0 Å². The van der Waals surface area contributed by atoms with Gasteiger partial charge in [0.1, 0.15) is 6.54 Å². The quantitative estimate of drug-likeness (QED) is 0.804. The van der Waals surface area contributed by atoms with Gasteiger partial charge in [-0.2, -0.15) is 0 Å². The maximum absolute atomic E-state index is 12.3. The smallest absolute Gasteiger partial charge is 0.242 e. The minimum atomic E-state index is 0.142. The Labute approximate surface area is 118 Å². The zero-order valence-corrected chi connectivity index (χ0v) is 11.6. The van der Waals surface area contributed by atoms with Gasteiger partial charge >= 0.3 is 0 Å². The van der Waals surface area contributed by atoms with E-state index in [0.717, 1.165) is 48.8 Å². The summed E-state index contributed by atoms with van der Waals surface area (Å²) in [6.07, 6.45) is 3.07. The molecule has 0 atom stereocenters. The van der Waals surface area contributed by atoms with Crippen LogP contribution in [-0.2, 0) is 11.3 Å². The highest BCUT2D eigenvalue weighted by Crippen LogP contribution is 2.24. The molecule has 2 aromatic rings. The normalized spacial score (nSPS) is 14.9. The van der Waals surface area contributed by atoms with Crippen molar-refractivity contribution >= 4 is 23.1 Å². The molecular weight excluding hydrogens is 252 g/mol. The minimum absolute atomic E-state index is 0.142. The Morgan fingerprint density at radius 1 is 1.25 bits per heavy atom. The first-order valence-corrected chi connectivity index (χ1v) is 7.03. The molecule has 4 nitrogen and oxygen atoms in total. The van der Waals surface area contributed by atoms with Gasteiger partial charge in [0.05, 0.1) is 0 Å². The minimum Gasteiger partial charge on any atom is -0.341 e. The molecule has 2 heterocycles. The molecule has 1 aromatic heterocycles. The molecule has 0 aliphatic carbocycles. The number of aromatic nitrogens is 1. The van der Waals surface area contributed by atoms with E-state index in [1.807, 2.05) is 40.7 Å². The molecule has 3 rings (SSSR count). The molecule has 0 bridgehead atoms. The van der Waals surface area contributed by atoms with Crippen LogP contribution in [-0.4, -0.2) is 34.7 Å². The van der Waals surface area contributed by atoms with Gasteiger partial charge in [0.2, 0.25) is 5.91 Å². The molecule has 0 radical (unpaired) electrons. The Morgan fingerprint density at radius 3 is 2.65 bits per heavy atom. The van der Waals surface area contributed by atoms with Crippen molar-refractivity contribution < 1.29 is 9.59 Å². The summed E-state index contributed by atoms with van der Waals surface area (Å²) in [6.45, 7) is 3.94.